The van der Waals surface area contributed by atoms with Crippen molar-refractivity contribution in [2.45, 2.75) is 102 Å². The van der Waals surface area contributed by atoms with Gasteiger partial charge in [-0.05, 0) is 6.42 Å². The summed E-state index contributed by atoms with van der Waals surface area (Å²) >= 11 is 0. The molecular formula is C18H30F7NO. The van der Waals surface area contributed by atoms with E-state index in [9.17, 15) is 35.5 Å². The molecule has 0 unspecified atom stereocenters. The van der Waals surface area contributed by atoms with Crippen LogP contribution < -0.4 is 5.32 Å². The number of unbranched alkanes of at least 4 members (excludes halogenated alkanes) is 11. The first kappa shape index (κ1) is 26.0. The van der Waals surface area contributed by atoms with Crippen LogP contribution in [-0.2, 0) is 4.79 Å². The highest BCUT2D eigenvalue weighted by atomic mass is 19.4. The Labute approximate surface area is 156 Å². The van der Waals surface area contributed by atoms with Crippen molar-refractivity contribution in [3.05, 3.63) is 0 Å². The van der Waals surface area contributed by atoms with Crippen LogP contribution in [-0.4, -0.2) is 30.5 Å². The lowest BCUT2D eigenvalue weighted by molar-refractivity contribution is -0.344. The molecule has 0 aromatic rings. The third-order valence-corrected chi connectivity index (χ3v) is 4.35. The minimum absolute atomic E-state index is 0.246. The molecule has 0 radical (unpaired) electrons. The van der Waals surface area contributed by atoms with Crippen molar-refractivity contribution < 1.29 is 35.5 Å². The number of hydrogen-bond acceptors (Lipinski definition) is 1. The predicted molar refractivity (Wildman–Crippen MR) is 90.0 cm³/mol. The van der Waals surface area contributed by atoms with Crippen molar-refractivity contribution in [3.8, 4) is 0 Å². The summed E-state index contributed by atoms with van der Waals surface area (Å²) in [5.74, 6) is -14.8. The van der Waals surface area contributed by atoms with E-state index >= 15 is 0 Å². The summed E-state index contributed by atoms with van der Waals surface area (Å²) in [6.07, 6.45) is 5.56. The van der Waals surface area contributed by atoms with Gasteiger partial charge in [-0.3, -0.25) is 4.79 Å². The molecule has 27 heavy (non-hydrogen) atoms. The molecule has 0 atom stereocenters. The fourth-order valence-corrected chi connectivity index (χ4v) is 2.60. The molecule has 0 aromatic heterocycles. The van der Waals surface area contributed by atoms with Crippen molar-refractivity contribution >= 4 is 5.91 Å². The monoisotopic (exact) mass is 409 g/mol. The number of rotatable bonds is 15. The first-order valence-electron chi connectivity index (χ1n) is 9.59. The molecule has 2 nitrogen and oxygen atoms in total. The molecule has 0 aromatic carbocycles. The van der Waals surface area contributed by atoms with Crippen molar-refractivity contribution in [1.29, 1.82) is 0 Å². The lowest BCUT2D eigenvalue weighted by Gasteiger charge is -2.27. The number of amides is 1. The molecule has 1 amide bonds. The molecule has 0 heterocycles. The van der Waals surface area contributed by atoms with Crippen LogP contribution in [0.2, 0.25) is 0 Å². The van der Waals surface area contributed by atoms with Gasteiger partial charge in [-0.2, -0.15) is 30.7 Å². The molecular weight excluding hydrogens is 379 g/mol. The van der Waals surface area contributed by atoms with Crippen molar-refractivity contribution in [2.24, 2.45) is 0 Å². The normalized spacial score (nSPS) is 13.0. The maximum absolute atomic E-state index is 13.1. The standard InChI is InChI=1S/C18H30F7NO/c1-2-3-4-5-6-7-8-9-10-11-12-13-14-26-15(27)16(19,20)17(21,22)18(23,24)25/h2-14H2,1H3,(H,26,27). The molecule has 162 valence electrons. The first-order valence-corrected chi connectivity index (χ1v) is 9.59. The maximum Gasteiger partial charge on any atom is 0.460 e. The summed E-state index contributed by atoms with van der Waals surface area (Å²) in [4.78, 5) is 11.0. The van der Waals surface area contributed by atoms with Gasteiger partial charge in [0.2, 0.25) is 0 Å². The molecule has 0 aliphatic heterocycles. The summed E-state index contributed by atoms with van der Waals surface area (Å²) in [6, 6.07) is 0. The van der Waals surface area contributed by atoms with Crippen LogP contribution >= 0.6 is 0 Å². The van der Waals surface area contributed by atoms with Crippen LogP contribution in [0.5, 0.6) is 0 Å². The highest BCUT2D eigenvalue weighted by Crippen LogP contribution is 2.46. The second kappa shape index (κ2) is 12.4. The SMILES string of the molecule is CCCCCCCCCCCCCCNC(=O)C(F)(F)C(F)(F)C(F)(F)F. The van der Waals surface area contributed by atoms with Crippen LogP contribution in [0.4, 0.5) is 30.7 Å². The number of carbonyl (C=O) groups excluding carboxylic acids is 1. The second-order valence-corrected chi connectivity index (χ2v) is 6.79. The summed E-state index contributed by atoms with van der Waals surface area (Å²) in [5.41, 5.74) is 0. The number of nitrogens with one attached hydrogen (secondary N) is 1. The van der Waals surface area contributed by atoms with E-state index in [2.05, 4.69) is 6.92 Å². The number of halogens is 7. The average Bonchev–Trinajstić information content (AvgIpc) is 2.57. The van der Waals surface area contributed by atoms with Gasteiger partial charge in [-0.1, -0.05) is 77.6 Å². The summed E-state index contributed by atoms with van der Waals surface area (Å²) in [6.45, 7) is 1.80. The van der Waals surface area contributed by atoms with Crippen molar-refractivity contribution in [1.82, 2.24) is 5.32 Å². The zero-order chi connectivity index (χ0) is 21.0. The maximum atomic E-state index is 13.1. The third kappa shape index (κ3) is 9.14. The van der Waals surface area contributed by atoms with Gasteiger partial charge >= 0.3 is 18.0 Å². The smallest absolute Gasteiger partial charge is 0.351 e. The van der Waals surface area contributed by atoms with E-state index < -0.39 is 23.9 Å². The number of carbonyl (C=O) groups is 1. The van der Waals surface area contributed by atoms with Crippen LogP contribution in [0.25, 0.3) is 0 Å². The van der Waals surface area contributed by atoms with Gasteiger partial charge in [0.1, 0.15) is 0 Å². The molecule has 0 bridgehead atoms. The van der Waals surface area contributed by atoms with Crippen molar-refractivity contribution in [2.75, 3.05) is 6.54 Å². The molecule has 0 saturated heterocycles. The van der Waals surface area contributed by atoms with Crippen LogP contribution in [0.15, 0.2) is 0 Å². The molecule has 0 aliphatic carbocycles. The lowest BCUT2D eigenvalue weighted by atomic mass is 10.1. The van der Waals surface area contributed by atoms with Gasteiger partial charge in [-0.15, -0.1) is 0 Å². The molecule has 0 fully saturated rings. The quantitative estimate of drug-likeness (QED) is 0.238. The highest BCUT2D eigenvalue weighted by Gasteiger charge is 2.76. The second-order valence-electron chi connectivity index (χ2n) is 6.79. The zero-order valence-electron chi connectivity index (χ0n) is 15.7. The zero-order valence-corrected chi connectivity index (χ0v) is 15.7. The highest BCUT2D eigenvalue weighted by molar-refractivity contribution is 5.84. The van der Waals surface area contributed by atoms with E-state index in [1.165, 1.54) is 43.8 Å². The van der Waals surface area contributed by atoms with E-state index in [-0.39, 0.29) is 13.0 Å². The lowest BCUT2D eigenvalue weighted by Crippen LogP contribution is -2.59. The third-order valence-electron chi connectivity index (χ3n) is 4.35. The Morgan fingerprint density at radius 1 is 0.667 bits per heavy atom. The van der Waals surface area contributed by atoms with Crippen molar-refractivity contribution in [3.63, 3.8) is 0 Å². The Morgan fingerprint density at radius 2 is 1.04 bits per heavy atom. The Kier molecular flexibility index (Phi) is 12.0. The molecule has 1 N–H and O–H groups in total. The van der Waals surface area contributed by atoms with E-state index in [0.29, 0.717) is 6.42 Å². The largest absolute Gasteiger partial charge is 0.460 e. The van der Waals surface area contributed by atoms with E-state index in [1.807, 2.05) is 0 Å². The fraction of sp³-hybridized carbons (Fsp3) is 0.944. The first-order chi connectivity index (χ1) is 12.5. The van der Waals surface area contributed by atoms with E-state index in [0.717, 1.165) is 25.7 Å². The molecule has 0 saturated carbocycles. The Bertz CT molecular complexity index is 411. The molecule has 9 heteroatoms. The number of hydrogen-bond donors (Lipinski definition) is 1. The molecule has 0 spiro atoms. The Hall–Kier alpha value is -1.02. The predicted octanol–water partition coefficient (Wildman–Crippen LogP) is 6.64. The fourth-order valence-electron chi connectivity index (χ4n) is 2.60. The minimum Gasteiger partial charge on any atom is -0.351 e. The van der Waals surface area contributed by atoms with Gasteiger partial charge in [-0.25, -0.2) is 0 Å². The Morgan fingerprint density at radius 3 is 1.41 bits per heavy atom. The number of alkyl halides is 7. The van der Waals surface area contributed by atoms with E-state index in [4.69, 9.17) is 0 Å². The topological polar surface area (TPSA) is 29.1 Å². The molecule has 0 aliphatic rings. The van der Waals surface area contributed by atoms with Gasteiger partial charge < -0.3 is 5.32 Å². The van der Waals surface area contributed by atoms with Crippen LogP contribution in [0.1, 0.15) is 84.0 Å². The summed E-state index contributed by atoms with van der Waals surface area (Å²) < 4.78 is 87.4. The van der Waals surface area contributed by atoms with Gasteiger partial charge in [0.15, 0.2) is 0 Å². The van der Waals surface area contributed by atoms with Crippen LogP contribution in [0.3, 0.4) is 0 Å². The Balaban J connectivity index is 3.77. The van der Waals surface area contributed by atoms with Gasteiger partial charge in [0.25, 0.3) is 5.91 Å². The van der Waals surface area contributed by atoms with Gasteiger partial charge in [0, 0.05) is 6.54 Å². The summed E-state index contributed by atoms with van der Waals surface area (Å²) in [7, 11) is 0. The van der Waals surface area contributed by atoms with E-state index in [1.54, 1.807) is 0 Å². The summed E-state index contributed by atoms with van der Waals surface area (Å²) in [5, 5.41) is 1.47. The molecule has 0 rings (SSSR count). The minimum atomic E-state index is -6.50. The average molecular weight is 409 g/mol. The van der Waals surface area contributed by atoms with Crippen LogP contribution in [0, 0.1) is 0 Å². The van der Waals surface area contributed by atoms with Gasteiger partial charge in [0.05, 0.1) is 0 Å².